The summed E-state index contributed by atoms with van der Waals surface area (Å²) in [7, 11) is 0. The van der Waals surface area contributed by atoms with E-state index >= 15 is 0 Å². The van der Waals surface area contributed by atoms with Crippen LogP contribution in [0.25, 0.3) is 11.1 Å². The topological polar surface area (TPSA) is 46.9 Å². The van der Waals surface area contributed by atoms with Gasteiger partial charge in [-0.2, -0.15) is 5.10 Å². The van der Waals surface area contributed by atoms with Crippen LogP contribution in [0.4, 0.5) is 4.39 Å². The van der Waals surface area contributed by atoms with E-state index in [0.29, 0.717) is 26.7 Å². The standard InChI is InChI=1S/C19H16Cl2FN3O/c1-2-25-8-7-14(24-25)11-23-19(26)15-5-4-13(22)10-16(15)12-3-6-17(20)18(21)9-12/h3-10H,2,11H2,1H3,(H,23,26). The van der Waals surface area contributed by atoms with E-state index in [-0.39, 0.29) is 12.5 Å². The Balaban J connectivity index is 1.86. The molecular weight excluding hydrogens is 376 g/mol. The van der Waals surface area contributed by atoms with Crippen LogP contribution in [0.15, 0.2) is 48.7 Å². The monoisotopic (exact) mass is 391 g/mol. The molecule has 1 N–H and O–H groups in total. The van der Waals surface area contributed by atoms with Crippen molar-refractivity contribution in [3.63, 3.8) is 0 Å². The van der Waals surface area contributed by atoms with E-state index in [4.69, 9.17) is 23.2 Å². The molecule has 0 aliphatic rings. The average molecular weight is 392 g/mol. The third-order valence-corrected chi connectivity index (χ3v) is 4.65. The van der Waals surface area contributed by atoms with Crippen LogP contribution >= 0.6 is 23.2 Å². The van der Waals surface area contributed by atoms with Crippen LogP contribution in [0.2, 0.25) is 10.0 Å². The second kappa shape index (κ2) is 7.89. The van der Waals surface area contributed by atoms with Gasteiger partial charge in [0.15, 0.2) is 0 Å². The van der Waals surface area contributed by atoms with E-state index in [0.717, 1.165) is 12.2 Å². The molecule has 2 aromatic carbocycles. The highest BCUT2D eigenvalue weighted by Gasteiger charge is 2.15. The summed E-state index contributed by atoms with van der Waals surface area (Å²) in [6, 6.07) is 10.8. The number of aryl methyl sites for hydroxylation is 1. The molecule has 4 nitrogen and oxygen atoms in total. The number of rotatable bonds is 5. The Morgan fingerprint density at radius 1 is 1.15 bits per heavy atom. The van der Waals surface area contributed by atoms with Crippen LogP contribution in [0.5, 0.6) is 0 Å². The molecule has 0 spiro atoms. The number of carbonyl (C=O) groups excluding carboxylic acids is 1. The van der Waals surface area contributed by atoms with E-state index in [1.165, 1.54) is 18.2 Å². The molecular formula is C19H16Cl2FN3O. The third kappa shape index (κ3) is 4.06. The van der Waals surface area contributed by atoms with Crippen LogP contribution in [0.3, 0.4) is 0 Å². The van der Waals surface area contributed by atoms with Gasteiger partial charge in [-0.15, -0.1) is 0 Å². The molecule has 0 bridgehead atoms. The normalized spacial score (nSPS) is 10.8. The Bertz CT molecular complexity index is 956. The van der Waals surface area contributed by atoms with Gasteiger partial charge in [0.25, 0.3) is 5.91 Å². The lowest BCUT2D eigenvalue weighted by atomic mass is 9.99. The van der Waals surface area contributed by atoms with E-state index in [2.05, 4.69) is 10.4 Å². The van der Waals surface area contributed by atoms with Crippen LogP contribution in [0, 0.1) is 5.82 Å². The van der Waals surface area contributed by atoms with Crippen LogP contribution in [-0.2, 0) is 13.1 Å². The van der Waals surface area contributed by atoms with E-state index in [1.54, 1.807) is 22.9 Å². The number of benzene rings is 2. The molecule has 0 atom stereocenters. The van der Waals surface area contributed by atoms with Gasteiger partial charge in [0, 0.05) is 18.3 Å². The summed E-state index contributed by atoms with van der Waals surface area (Å²) in [6.45, 7) is 3.02. The SMILES string of the molecule is CCn1ccc(CNC(=O)c2ccc(F)cc2-c2ccc(Cl)c(Cl)c2)n1. The fourth-order valence-electron chi connectivity index (χ4n) is 2.56. The Labute approximate surface area is 160 Å². The minimum Gasteiger partial charge on any atom is -0.346 e. The molecule has 0 aliphatic carbocycles. The highest BCUT2D eigenvalue weighted by atomic mass is 35.5. The summed E-state index contributed by atoms with van der Waals surface area (Å²) in [5, 5.41) is 7.86. The molecule has 1 heterocycles. The summed E-state index contributed by atoms with van der Waals surface area (Å²) in [5.74, 6) is -0.763. The average Bonchev–Trinajstić information content (AvgIpc) is 3.10. The summed E-state index contributed by atoms with van der Waals surface area (Å²) in [5.41, 5.74) is 2.15. The number of hydrogen-bond donors (Lipinski definition) is 1. The highest BCUT2D eigenvalue weighted by Crippen LogP contribution is 2.31. The Morgan fingerprint density at radius 3 is 2.65 bits per heavy atom. The van der Waals surface area contributed by atoms with Gasteiger partial charge in [0.05, 0.1) is 22.3 Å². The Hall–Kier alpha value is -2.37. The molecule has 0 unspecified atom stereocenters. The molecule has 0 saturated heterocycles. The predicted molar refractivity (Wildman–Crippen MR) is 101 cm³/mol. The third-order valence-electron chi connectivity index (χ3n) is 3.91. The lowest BCUT2D eigenvalue weighted by Crippen LogP contribution is -2.24. The Kier molecular flexibility index (Phi) is 5.59. The maximum absolute atomic E-state index is 13.8. The van der Waals surface area contributed by atoms with Crippen molar-refractivity contribution in [3.05, 3.63) is 75.8 Å². The maximum atomic E-state index is 13.8. The maximum Gasteiger partial charge on any atom is 0.252 e. The first kappa shape index (κ1) is 18.4. The van der Waals surface area contributed by atoms with Crippen molar-refractivity contribution >= 4 is 29.1 Å². The van der Waals surface area contributed by atoms with Crippen LogP contribution < -0.4 is 5.32 Å². The van der Waals surface area contributed by atoms with Gasteiger partial charge in [-0.05, 0) is 54.4 Å². The van der Waals surface area contributed by atoms with Crippen molar-refractivity contribution in [2.75, 3.05) is 0 Å². The minimum atomic E-state index is -0.440. The number of nitrogens with zero attached hydrogens (tertiary/aromatic N) is 2. The van der Waals surface area contributed by atoms with Crippen molar-refractivity contribution in [2.24, 2.45) is 0 Å². The number of amides is 1. The van der Waals surface area contributed by atoms with E-state index in [9.17, 15) is 9.18 Å². The van der Waals surface area contributed by atoms with Gasteiger partial charge in [-0.25, -0.2) is 4.39 Å². The molecule has 1 amide bonds. The molecule has 134 valence electrons. The van der Waals surface area contributed by atoms with Gasteiger partial charge < -0.3 is 5.32 Å². The van der Waals surface area contributed by atoms with E-state index < -0.39 is 5.82 Å². The highest BCUT2D eigenvalue weighted by molar-refractivity contribution is 6.42. The van der Waals surface area contributed by atoms with Gasteiger partial charge in [0.1, 0.15) is 5.82 Å². The van der Waals surface area contributed by atoms with Crippen molar-refractivity contribution in [2.45, 2.75) is 20.0 Å². The van der Waals surface area contributed by atoms with Gasteiger partial charge in [-0.1, -0.05) is 29.3 Å². The Morgan fingerprint density at radius 2 is 1.96 bits per heavy atom. The summed E-state index contributed by atoms with van der Waals surface area (Å²) >= 11 is 12.0. The number of carbonyl (C=O) groups is 1. The number of aromatic nitrogens is 2. The molecule has 0 radical (unpaired) electrons. The summed E-state index contributed by atoms with van der Waals surface area (Å²) < 4.78 is 15.5. The molecule has 0 fully saturated rings. The second-order valence-electron chi connectivity index (χ2n) is 5.66. The minimum absolute atomic E-state index is 0.282. The first-order chi connectivity index (χ1) is 12.5. The van der Waals surface area contributed by atoms with Crippen molar-refractivity contribution in [3.8, 4) is 11.1 Å². The van der Waals surface area contributed by atoms with E-state index in [1.807, 2.05) is 19.2 Å². The zero-order chi connectivity index (χ0) is 18.7. The predicted octanol–water partition coefficient (Wildman–Crippen LogP) is 4.95. The number of halogens is 3. The van der Waals surface area contributed by atoms with Gasteiger partial charge in [-0.3, -0.25) is 9.48 Å². The van der Waals surface area contributed by atoms with Crippen LogP contribution in [-0.4, -0.2) is 15.7 Å². The van der Waals surface area contributed by atoms with Crippen molar-refractivity contribution < 1.29 is 9.18 Å². The lowest BCUT2D eigenvalue weighted by molar-refractivity contribution is 0.0951. The molecule has 0 aliphatic heterocycles. The fourth-order valence-corrected chi connectivity index (χ4v) is 2.86. The van der Waals surface area contributed by atoms with Crippen LogP contribution in [0.1, 0.15) is 23.0 Å². The smallest absolute Gasteiger partial charge is 0.252 e. The van der Waals surface area contributed by atoms with Crippen molar-refractivity contribution in [1.82, 2.24) is 15.1 Å². The number of nitrogens with one attached hydrogen (secondary N) is 1. The second-order valence-corrected chi connectivity index (χ2v) is 6.48. The molecule has 3 aromatic rings. The molecule has 0 saturated carbocycles. The van der Waals surface area contributed by atoms with Gasteiger partial charge in [0.2, 0.25) is 0 Å². The quantitative estimate of drug-likeness (QED) is 0.668. The zero-order valence-electron chi connectivity index (χ0n) is 14.0. The van der Waals surface area contributed by atoms with Gasteiger partial charge >= 0.3 is 0 Å². The largest absolute Gasteiger partial charge is 0.346 e. The van der Waals surface area contributed by atoms with Crippen molar-refractivity contribution in [1.29, 1.82) is 0 Å². The first-order valence-electron chi connectivity index (χ1n) is 8.03. The molecule has 3 rings (SSSR count). The lowest BCUT2D eigenvalue weighted by Gasteiger charge is -2.11. The zero-order valence-corrected chi connectivity index (χ0v) is 15.5. The number of hydrogen-bond acceptors (Lipinski definition) is 2. The fraction of sp³-hybridized carbons (Fsp3) is 0.158. The summed E-state index contributed by atoms with van der Waals surface area (Å²) in [4.78, 5) is 12.6. The molecule has 7 heteroatoms. The summed E-state index contributed by atoms with van der Waals surface area (Å²) in [6.07, 6.45) is 1.85. The molecule has 1 aromatic heterocycles. The molecule has 26 heavy (non-hydrogen) atoms. The first-order valence-corrected chi connectivity index (χ1v) is 8.79.